The van der Waals surface area contributed by atoms with Gasteiger partial charge >= 0.3 is 5.97 Å². The fraction of sp³-hybridized carbons (Fsp3) is 0.333. The molecule has 8 nitrogen and oxygen atoms in total. The van der Waals surface area contributed by atoms with Gasteiger partial charge in [-0.25, -0.2) is 13.2 Å². The summed E-state index contributed by atoms with van der Waals surface area (Å²) in [6.45, 7) is 5.46. The molecule has 1 N–H and O–H groups in total. The number of hydrogen-bond acceptors (Lipinski definition) is 6. The molecule has 0 aliphatic carbocycles. The number of fused-ring (bicyclic) bond motifs is 1. The number of aryl methyl sites for hydroxylation is 2. The minimum absolute atomic E-state index is 0.138. The molecule has 0 unspecified atom stereocenters. The summed E-state index contributed by atoms with van der Waals surface area (Å²) in [7, 11) is -3.60. The van der Waals surface area contributed by atoms with Crippen molar-refractivity contribution in [3.63, 3.8) is 0 Å². The molecule has 160 valence electrons. The maximum Gasteiger partial charge on any atom is 0.338 e. The van der Waals surface area contributed by atoms with Gasteiger partial charge in [-0.1, -0.05) is 6.07 Å². The summed E-state index contributed by atoms with van der Waals surface area (Å²) >= 11 is 0. The molecule has 3 rings (SSSR count). The van der Waals surface area contributed by atoms with Crippen molar-refractivity contribution >= 4 is 33.3 Å². The van der Waals surface area contributed by atoms with Crippen LogP contribution in [0.2, 0.25) is 0 Å². The highest BCUT2D eigenvalue weighted by Crippen LogP contribution is 2.36. The van der Waals surface area contributed by atoms with E-state index in [4.69, 9.17) is 9.47 Å². The molecule has 1 aliphatic rings. The van der Waals surface area contributed by atoms with Crippen LogP contribution in [0.25, 0.3) is 0 Å². The first-order valence-electron chi connectivity index (χ1n) is 9.43. The van der Waals surface area contributed by atoms with E-state index in [2.05, 4.69) is 5.32 Å². The highest BCUT2D eigenvalue weighted by atomic mass is 32.2. The van der Waals surface area contributed by atoms with E-state index in [1.54, 1.807) is 50.2 Å². The van der Waals surface area contributed by atoms with Gasteiger partial charge in [0.1, 0.15) is 5.75 Å². The smallest absolute Gasteiger partial charge is 0.338 e. The molecule has 0 saturated carbocycles. The maximum absolute atomic E-state index is 12.8. The predicted molar refractivity (Wildman–Crippen MR) is 114 cm³/mol. The SMILES string of the molecule is CCOC(=O)c1ccc(NC(=O)[C@@H]2CN(S(C)(=O)=O)c3cc(C)ccc3O2)c(C)c1. The molecule has 0 saturated heterocycles. The Bertz CT molecular complexity index is 1100. The van der Waals surface area contributed by atoms with Crippen LogP contribution in [0.4, 0.5) is 11.4 Å². The number of hydrogen-bond donors (Lipinski definition) is 1. The van der Waals surface area contributed by atoms with E-state index in [9.17, 15) is 18.0 Å². The van der Waals surface area contributed by atoms with Crippen LogP contribution in [0.1, 0.15) is 28.4 Å². The first-order valence-corrected chi connectivity index (χ1v) is 11.3. The van der Waals surface area contributed by atoms with Gasteiger partial charge < -0.3 is 14.8 Å². The second-order valence-corrected chi connectivity index (χ2v) is 9.02. The Kier molecular flexibility index (Phi) is 6.02. The molecule has 30 heavy (non-hydrogen) atoms. The monoisotopic (exact) mass is 432 g/mol. The van der Waals surface area contributed by atoms with E-state index < -0.39 is 28.0 Å². The molecule has 0 fully saturated rings. The summed E-state index contributed by atoms with van der Waals surface area (Å²) in [4.78, 5) is 24.7. The molecule has 9 heteroatoms. The lowest BCUT2D eigenvalue weighted by atomic mass is 10.1. The summed E-state index contributed by atoms with van der Waals surface area (Å²) in [5.74, 6) is -0.599. The van der Waals surface area contributed by atoms with Crippen molar-refractivity contribution in [2.45, 2.75) is 26.9 Å². The molecule has 1 aliphatic heterocycles. The van der Waals surface area contributed by atoms with Gasteiger partial charge in [-0.2, -0.15) is 0 Å². The number of amides is 1. The van der Waals surface area contributed by atoms with Crippen LogP contribution >= 0.6 is 0 Å². The Morgan fingerprint density at radius 2 is 1.93 bits per heavy atom. The summed E-state index contributed by atoms with van der Waals surface area (Å²) in [6, 6.07) is 9.94. The zero-order chi connectivity index (χ0) is 22.1. The van der Waals surface area contributed by atoms with Crippen molar-refractivity contribution < 1.29 is 27.5 Å². The fourth-order valence-corrected chi connectivity index (χ4v) is 4.08. The summed E-state index contributed by atoms with van der Waals surface area (Å²) in [5, 5.41) is 2.75. The van der Waals surface area contributed by atoms with Crippen molar-refractivity contribution in [2.24, 2.45) is 0 Å². The van der Waals surface area contributed by atoms with Crippen LogP contribution in [0.15, 0.2) is 36.4 Å². The molecule has 0 bridgehead atoms. The number of benzene rings is 2. The standard InChI is InChI=1S/C21H24N2O6S/c1-5-28-21(25)15-7-8-16(14(3)11-15)22-20(24)19-12-23(30(4,26)27)17-10-13(2)6-9-18(17)29-19/h6-11,19H,5,12H2,1-4H3,(H,22,24)/t19-/m0/s1. The second-order valence-electron chi connectivity index (χ2n) is 7.11. The average molecular weight is 432 g/mol. The number of esters is 1. The number of carbonyl (C=O) groups is 2. The van der Waals surface area contributed by atoms with Crippen LogP contribution in [0, 0.1) is 13.8 Å². The molecule has 1 amide bonds. The van der Waals surface area contributed by atoms with Crippen LogP contribution in [-0.2, 0) is 19.6 Å². The predicted octanol–water partition coefficient (Wildman–Crippen LogP) is 2.65. The molecule has 1 atom stereocenters. The van der Waals surface area contributed by atoms with Crippen LogP contribution in [-0.4, -0.2) is 45.8 Å². The lowest BCUT2D eigenvalue weighted by molar-refractivity contribution is -0.122. The topological polar surface area (TPSA) is 102 Å². The number of ether oxygens (including phenoxy) is 2. The van der Waals surface area contributed by atoms with Gasteiger partial charge in [0.25, 0.3) is 5.91 Å². The largest absolute Gasteiger partial charge is 0.476 e. The molecule has 0 spiro atoms. The zero-order valence-electron chi connectivity index (χ0n) is 17.3. The fourth-order valence-electron chi connectivity index (χ4n) is 3.17. The Balaban J connectivity index is 1.82. The summed E-state index contributed by atoms with van der Waals surface area (Å²) < 4.78 is 36.5. The van der Waals surface area contributed by atoms with Crippen molar-refractivity contribution in [1.29, 1.82) is 0 Å². The highest BCUT2D eigenvalue weighted by molar-refractivity contribution is 7.92. The van der Waals surface area contributed by atoms with E-state index >= 15 is 0 Å². The summed E-state index contributed by atoms with van der Waals surface area (Å²) in [6.07, 6.45) is 0.0663. The first kappa shape index (κ1) is 21.6. The molecule has 2 aromatic carbocycles. The van der Waals surface area contributed by atoms with E-state index in [-0.39, 0.29) is 13.2 Å². The van der Waals surface area contributed by atoms with Crippen molar-refractivity contribution in [3.8, 4) is 5.75 Å². The van der Waals surface area contributed by atoms with Crippen molar-refractivity contribution in [1.82, 2.24) is 0 Å². The maximum atomic E-state index is 12.8. The minimum Gasteiger partial charge on any atom is -0.476 e. The third kappa shape index (κ3) is 4.56. The number of carbonyl (C=O) groups excluding carboxylic acids is 2. The lowest BCUT2D eigenvalue weighted by Gasteiger charge is -2.34. The van der Waals surface area contributed by atoms with Crippen LogP contribution in [0.5, 0.6) is 5.75 Å². The van der Waals surface area contributed by atoms with Gasteiger partial charge in [-0.05, 0) is 62.2 Å². The molecule has 2 aromatic rings. The van der Waals surface area contributed by atoms with E-state index in [1.165, 1.54) is 4.31 Å². The first-order chi connectivity index (χ1) is 14.1. The minimum atomic E-state index is -3.60. The van der Waals surface area contributed by atoms with Gasteiger partial charge in [-0.3, -0.25) is 9.10 Å². The third-order valence-electron chi connectivity index (χ3n) is 4.67. The van der Waals surface area contributed by atoms with Crippen LogP contribution in [0.3, 0.4) is 0 Å². The van der Waals surface area contributed by atoms with Crippen molar-refractivity contribution in [2.75, 3.05) is 29.0 Å². The Labute approximate surface area is 175 Å². The number of sulfonamides is 1. The number of nitrogens with one attached hydrogen (secondary N) is 1. The highest BCUT2D eigenvalue weighted by Gasteiger charge is 2.35. The van der Waals surface area contributed by atoms with E-state index in [0.717, 1.165) is 11.8 Å². The van der Waals surface area contributed by atoms with Gasteiger partial charge in [0.05, 0.1) is 30.7 Å². The number of anilines is 2. The Hall–Kier alpha value is -3.07. The number of rotatable bonds is 5. The molecular formula is C21H24N2O6S. The van der Waals surface area contributed by atoms with Crippen LogP contribution < -0.4 is 14.4 Å². The summed E-state index contributed by atoms with van der Waals surface area (Å²) in [5.41, 5.74) is 2.84. The van der Waals surface area contributed by atoms with E-state index in [0.29, 0.717) is 28.3 Å². The van der Waals surface area contributed by atoms with E-state index in [1.807, 2.05) is 6.92 Å². The molecule has 0 aromatic heterocycles. The third-order valence-corrected chi connectivity index (χ3v) is 5.82. The molecule has 1 heterocycles. The molecular weight excluding hydrogens is 408 g/mol. The number of nitrogens with zero attached hydrogens (tertiary/aromatic N) is 1. The second kappa shape index (κ2) is 8.35. The quantitative estimate of drug-likeness (QED) is 0.729. The lowest BCUT2D eigenvalue weighted by Crippen LogP contribution is -2.48. The average Bonchev–Trinajstić information content (AvgIpc) is 2.68. The van der Waals surface area contributed by atoms with Gasteiger partial charge in [0, 0.05) is 5.69 Å². The van der Waals surface area contributed by atoms with Gasteiger partial charge in [0.2, 0.25) is 10.0 Å². The Morgan fingerprint density at radius 1 is 1.20 bits per heavy atom. The molecule has 0 radical (unpaired) electrons. The van der Waals surface area contributed by atoms with Gasteiger partial charge in [0.15, 0.2) is 6.10 Å². The normalized spacial score (nSPS) is 15.7. The Morgan fingerprint density at radius 3 is 2.57 bits per heavy atom. The zero-order valence-corrected chi connectivity index (χ0v) is 18.1. The van der Waals surface area contributed by atoms with Gasteiger partial charge in [-0.15, -0.1) is 0 Å². The van der Waals surface area contributed by atoms with Crippen molar-refractivity contribution in [3.05, 3.63) is 53.1 Å².